The van der Waals surface area contributed by atoms with Gasteiger partial charge in [-0.1, -0.05) is 0 Å². The molecule has 1 aromatic rings. The third-order valence-electron chi connectivity index (χ3n) is 4.31. The number of aryl methyl sites for hydroxylation is 2. The van der Waals surface area contributed by atoms with Gasteiger partial charge >= 0.3 is 0 Å². The van der Waals surface area contributed by atoms with Gasteiger partial charge in [-0.3, -0.25) is 9.69 Å². The Bertz CT molecular complexity index is 511. The van der Waals surface area contributed by atoms with Crippen molar-refractivity contribution in [3.05, 3.63) is 15.6 Å². The maximum Gasteiger partial charge on any atom is 0.227 e. The quantitative estimate of drug-likeness (QED) is 0.853. The summed E-state index contributed by atoms with van der Waals surface area (Å²) in [6, 6.07) is 0. The van der Waals surface area contributed by atoms with Crippen LogP contribution in [0.5, 0.6) is 0 Å². The van der Waals surface area contributed by atoms with Crippen LogP contribution in [0.25, 0.3) is 0 Å². The average molecular weight is 326 g/mol. The first-order valence-electron chi connectivity index (χ1n) is 7.65. The molecule has 2 aliphatic heterocycles. The van der Waals surface area contributed by atoms with Gasteiger partial charge in [-0.25, -0.2) is 4.98 Å². The summed E-state index contributed by atoms with van der Waals surface area (Å²) >= 11 is 3.74. The molecule has 0 bridgehead atoms. The molecule has 4 nitrogen and oxygen atoms in total. The van der Waals surface area contributed by atoms with Gasteiger partial charge in [0.25, 0.3) is 0 Å². The van der Waals surface area contributed by atoms with Gasteiger partial charge in [0.1, 0.15) is 0 Å². The van der Waals surface area contributed by atoms with E-state index in [0.717, 1.165) is 61.4 Å². The van der Waals surface area contributed by atoms with E-state index in [1.807, 2.05) is 11.8 Å². The Hall–Kier alpha value is -0.590. The molecular weight excluding hydrogens is 302 g/mol. The highest BCUT2D eigenvalue weighted by Gasteiger charge is 2.32. The Morgan fingerprint density at radius 3 is 2.71 bits per heavy atom. The zero-order chi connectivity index (χ0) is 14.8. The smallest absolute Gasteiger partial charge is 0.227 e. The van der Waals surface area contributed by atoms with E-state index in [-0.39, 0.29) is 5.92 Å². The van der Waals surface area contributed by atoms with Gasteiger partial charge in [0.05, 0.1) is 16.6 Å². The maximum absolute atomic E-state index is 12.5. The number of hydrogen-bond donors (Lipinski definition) is 0. The number of aromatic nitrogens is 1. The van der Waals surface area contributed by atoms with E-state index in [2.05, 4.69) is 28.6 Å². The monoisotopic (exact) mass is 325 g/mol. The highest BCUT2D eigenvalue weighted by Crippen LogP contribution is 2.25. The third kappa shape index (κ3) is 3.60. The number of carbonyl (C=O) groups excluding carboxylic acids is 1. The van der Waals surface area contributed by atoms with Crippen molar-refractivity contribution < 1.29 is 4.79 Å². The number of amides is 1. The number of hydrogen-bond acceptors (Lipinski definition) is 5. The number of thiazole rings is 1. The third-order valence-corrected chi connectivity index (χ3v) is 6.31. The standard InChI is InChI=1S/C15H23N3OS2/c1-11-14(21-12(2)16-11)10-17-4-3-13(9-17)15(19)18-5-7-20-8-6-18/h13H,3-10H2,1-2H3. The fraction of sp³-hybridized carbons (Fsp3) is 0.733. The van der Waals surface area contributed by atoms with Gasteiger partial charge in [0.2, 0.25) is 5.91 Å². The number of rotatable bonds is 3. The molecule has 1 atom stereocenters. The Morgan fingerprint density at radius 1 is 1.29 bits per heavy atom. The van der Waals surface area contributed by atoms with Crippen molar-refractivity contribution in [3.63, 3.8) is 0 Å². The lowest BCUT2D eigenvalue weighted by Crippen LogP contribution is -2.42. The minimum Gasteiger partial charge on any atom is -0.341 e. The highest BCUT2D eigenvalue weighted by atomic mass is 32.2. The molecule has 3 rings (SSSR count). The van der Waals surface area contributed by atoms with Crippen LogP contribution in [0.1, 0.15) is 22.0 Å². The molecule has 0 radical (unpaired) electrons. The molecule has 2 aliphatic rings. The summed E-state index contributed by atoms with van der Waals surface area (Å²) in [5, 5.41) is 1.14. The topological polar surface area (TPSA) is 36.4 Å². The van der Waals surface area contributed by atoms with Crippen molar-refractivity contribution >= 4 is 29.0 Å². The Kier molecular flexibility index (Phi) is 4.86. The van der Waals surface area contributed by atoms with Gasteiger partial charge in [-0.15, -0.1) is 11.3 Å². The molecule has 0 N–H and O–H groups in total. The number of nitrogens with zero attached hydrogens (tertiary/aromatic N) is 3. The van der Waals surface area contributed by atoms with E-state index in [4.69, 9.17) is 0 Å². The van der Waals surface area contributed by atoms with E-state index < -0.39 is 0 Å². The van der Waals surface area contributed by atoms with E-state index in [1.165, 1.54) is 4.88 Å². The number of thioether (sulfide) groups is 1. The summed E-state index contributed by atoms with van der Waals surface area (Å²) in [4.78, 5) is 22.9. The van der Waals surface area contributed by atoms with Crippen LogP contribution in [0.2, 0.25) is 0 Å². The SMILES string of the molecule is Cc1nc(C)c(CN2CCC(C(=O)N3CCSCC3)C2)s1. The zero-order valence-electron chi connectivity index (χ0n) is 12.8. The van der Waals surface area contributed by atoms with Crippen molar-refractivity contribution in [2.75, 3.05) is 37.7 Å². The number of carbonyl (C=O) groups is 1. The van der Waals surface area contributed by atoms with Gasteiger partial charge in [0, 0.05) is 42.6 Å². The first-order valence-corrected chi connectivity index (χ1v) is 9.62. The second-order valence-corrected chi connectivity index (χ2v) is 8.41. The molecule has 0 aliphatic carbocycles. The molecular formula is C15H23N3OS2. The summed E-state index contributed by atoms with van der Waals surface area (Å²) in [6.07, 6.45) is 1.01. The van der Waals surface area contributed by atoms with Gasteiger partial charge in [0.15, 0.2) is 0 Å². The molecule has 6 heteroatoms. The first-order chi connectivity index (χ1) is 10.1. The predicted molar refractivity (Wildman–Crippen MR) is 88.9 cm³/mol. The lowest BCUT2D eigenvalue weighted by molar-refractivity contribution is -0.134. The largest absolute Gasteiger partial charge is 0.341 e. The molecule has 1 unspecified atom stereocenters. The lowest BCUT2D eigenvalue weighted by atomic mass is 10.1. The van der Waals surface area contributed by atoms with Crippen LogP contribution in [0.15, 0.2) is 0 Å². The van der Waals surface area contributed by atoms with Gasteiger partial charge < -0.3 is 4.90 Å². The summed E-state index contributed by atoms with van der Waals surface area (Å²) < 4.78 is 0. The Morgan fingerprint density at radius 2 is 2.05 bits per heavy atom. The van der Waals surface area contributed by atoms with Crippen molar-refractivity contribution in [2.45, 2.75) is 26.8 Å². The van der Waals surface area contributed by atoms with E-state index in [9.17, 15) is 4.79 Å². The molecule has 1 amide bonds. The van der Waals surface area contributed by atoms with Crippen LogP contribution >= 0.6 is 23.1 Å². The van der Waals surface area contributed by atoms with Crippen molar-refractivity contribution in [2.24, 2.45) is 5.92 Å². The lowest BCUT2D eigenvalue weighted by Gasteiger charge is -2.29. The van der Waals surface area contributed by atoms with Crippen LogP contribution in [-0.4, -0.2) is 58.4 Å². The molecule has 0 saturated carbocycles. The maximum atomic E-state index is 12.5. The molecule has 21 heavy (non-hydrogen) atoms. The molecule has 2 saturated heterocycles. The normalized spacial score (nSPS) is 23.7. The van der Waals surface area contributed by atoms with Crippen molar-refractivity contribution in [1.29, 1.82) is 0 Å². The van der Waals surface area contributed by atoms with Crippen molar-refractivity contribution in [3.8, 4) is 0 Å². The minimum atomic E-state index is 0.211. The molecule has 3 heterocycles. The molecule has 0 spiro atoms. The van der Waals surface area contributed by atoms with Crippen LogP contribution in [-0.2, 0) is 11.3 Å². The van der Waals surface area contributed by atoms with Crippen LogP contribution in [0, 0.1) is 19.8 Å². The first kappa shape index (κ1) is 15.3. The van der Waals surface area contributed by atoms with Crippen LogP contribution < -0.4 is 0 Å². The van der Waals surface area contributed by atoms with Crippen LogP contribution in [0.4, 0.5) is 0 Å². The molecule has 116 valence electrons. The fourth-order valence-corrected chi connectivity index (χ4v) is 5.03. The van der Waals surface area contributed by atoms with E-state index >= 15 is 0 Å². The average Bonchev–Trinajstić information content (AvgIpc) is 3.07. The summed E-state index contributed by atoms with van der Waals surface area (Å²) in [5.41, 5.74) is 1.15. The molecule has 1 aromatic heterocycles. The fourth-order valence-electron chi connectivity index (χ4n) is 3.14. The Labute approximate surface area is 134 Å². The second kappa shape index (κ2) is 6.67. The second-order valence-electron chi connectivity index (χ2n) is 5.90. The van der Waals surface area contributed by atoms with Crippen molar-refractivity contribution in [1.82, 2.24) is 14.8 Å². The van der Waals surface area contributed by atoms with E-state index in [0.29, 0.717) is 5.91 Å². The molecule has 0 aromatic carbocycles. The predicted octanol–water partition coefficient (Wildman–Crippen LogP) is 2.16. The highest BCUT2D eigenvalue weighted by molar-refractivity contribution is 7.99. The molecule has 2 fully saturated rings. The zero-order valence-corrected chi connectivity index (χ0v) is 14.4. The number of likely N-dealkylation sites (tertiary alicyclic amines) is 1. The van der Waals surface area contributed by atoms with Gasteiger partial charge in [-0.05, 0) is 26.8 Å². The summed E-state index contributed by atoms with van der Waals surface area (Å²) in [6.45, 7) is 8.93. The Balaban J connectivity index is 1.55. The minimum absolute atomic E-state index is 0.211. The van der Waals surface area contributed by atoms with Gasteiger partial charge in [-0.2, -0.15) is 11.8 Å². The van der Waals surface area contributed by atoms with Crippen LogP contribution in [0.3, 0.4) is 0 Å². The van der Waals surface area contributed by atoms with E-state index in [1.54, 1.807) is 11.3 Å². The summed E-state index contributed by atoms with van der Waals surface area (Å²) in [5.74, 6) is 2.79. The summed E-state index contributed by atoms with van der Waals surface area (Å²) in [7, 11) is 0.